The Balaban J connectivity index is 2.78. The number of hydrogen-bond acceptors (Lipinski definition) is 4. The standard InChI is InChI=1S/C13H23N3O/c1-11(2)10-16(7-8-17-4)12-5-6-15-13(9-12)14-3/h5-6,9,11H,7-8,10H2,1-4H3,(H,14,15). The summed E-state index contributed by atoms with van der Waals surface area (Å²) < 4.78 is 5.16. The number of rotatable bonds is 7. The number of nitrogens with zero attached hydrogens (tertiary/aromatic N) is 2. The van der Waals surface area contributed by atoms with Gasteiger partial charge in [-0.15, -0.1) is 0 Å². The minimum absolute atomic E-state index is 0.623. The molecule has 1 heterocycles. The first-order chi connectivity index (χ1) is 8.17. The molecule has 0 aliphatic carbocycles. The van der Waals surface area contributed by atoms with Gasteiger partial charge in [-0.3, -0.25) is 0 Å². The van der Waals surface area contributed by atoms with Crippen molar-refractivity contribution in [2.45, 2.75) is 13.8 Å². The number of pyridine rings is 1. The summed E-state index contributed by atoms with van der Waals surface area (Å²) in [4.78, 5) is 6.56. The molecule has 0 atom stereocenters. The quantitative estimate of drug-likeness (QED) is 0.789. The van der Waals surface area contributed by atoms with E-state index in [2.05, 4.69) is 35.1 Å². The molecule has 0 aliphatic heterocycles. The lowest BCUT2D eigenvalue weighted by atomic mass is 10.2. The molecule has 1 N–H and O–H groups in total. The van der Waals surface area contributed by atoms with Crippen molar-refractivity contribution >= 4 is 11.5 Å². The first-order valence-electron chi connectivity index (χ1n) is 6.05. The third-order valence-electron chi connectivity index (χ3n) is 2.52. The molecule has 17 heavy (non-hydrogen) atoms. The monoisotopic (exact) mass is 237 g/mol. The second kappa shape index (κ2) is 7.12. The van der Waals surface area contributed by atoms with Gasteiger partial charge in [0.2, 0.25) is 0 Å². The largest absolute Gasteiger partial charge is 0.383 e. The van der Waals surface area contributed by atoms with Crippen LogP contribution in [-0.2, 0) is 4.74 Å². The summed E-state index contributed by atoms with van der Waals surface area (Å²) in [6.07, 6.45) is 1.83. The van der Waals surface area contributed by atoms with E-state index in [0.29, 0.717) is 5.92 Å². The van der Waals surface area contributed by atoms with E-state index in [-0.39, 0.29) is 0 Å². The maximum atomic E-state index is 5.16. The van der Waals surface area contributed by atoms with E-state index in [9.17, 15) is 0 Å². The molecule has 1 aromatic heterocycles. The molecule has 0 radical (unpaired) electrons. The van der Waals surface area contributed by atoms with Gasteiger partial charge in [0.25, 0.3) is 0 Å². The fourth-order valence-corrected chi connectivity index (χ4v) is 1.72. The zero-order valence-electron chi connectivity index (χ0n) is 11.2. The number of anilines is 2. The molecule has 1 aromatic rings. The normalized spacial score (nSPS) is 10.6. The molecule has 0 amide bonds. The minimum Gasteiger partial charge on any atom is -0.383 e. The lowest BCUT2D eigenvalue weighted by Gasteiger charge is -2.26. The summed E-state index contributed by atoms with van der Waals surface area (Å²) in [6, 6.07) is 4.11. The predicted octanol–water partition coefficient (Wildman–Crippen LogP) is 2.23. The Morgan fingerprint density at radius 3 is 2.82 bits per heavy atom. The van der Waals surface area contributed by atoms with Crippen LogP contribution in [0.1, 0.15) is 13.8 Å². The van der Waals surface area contributed by atoms with E-state index >= 15 is 0 Å². The molecular weight excluding hydrogens is 214 g/mol. The number of aromatic nitrogens is 1. The van der Waals surface area contributed by atoms with Crippen LogP contribution in [0.5, 0.6) is 0 Å². The zero-order valence-corrected chi connectivity index (χ0v) is 11.2. The first kappa shape index (κ1) is 13.8. The van der Waals surface area contributed by atoms with Crippen LogP contribution in [0, 0.1) is 5.92 Å². The van der Waals surface area contributed by atoms with Crippen molar-refractivity contribution < 1.29 is 4.74 Å². The molecule has 0 saturated heterocycles. The predicted molar refractivity (Wildman–Crippen MR) is 72.7 cm³/mol. The molecule has 0 fully saturated rings. The van der Waals surface area contributed by atoms with Crippen molar-refractivity contribution in [1.29, 1.82) is 0 Å². The molecule has 0 bridgehead atoms. The van der Waals surface area contributed by atoms with Crippen molar-refractivity contribution in [1.82, 2.24) is 4.98 Å². The van der Waals surface area contributed by atoms with Gasteiger partial charge in [-0.05, 0) is 12.0 Å². The van der Waals surface area contributed by atoms with E-state index in [1.54, 1.807) is 7.11 Å². The average molecular weight is 237 g/mol. The Labute approximate surface area is 104 Å². The number of methoxy groups -OCH3 is 1. The molecule has 0 aliphatic rings. The van der Waals surface area contributed by atoms with Crippen LogP contribution in [0.15, 0.2) is 18.3 Å². The number of hydrogen-bond donors (Lipinski definition) is 1. The zero-order chi connectivity index (χ0) is 12.7. The molecule has 0 spiro atoms. The van der Waals surface area contributed by atoms with Crippen LogP contribution in [0.25, 0.3) is 0 Å². The number of nitrogens with one attached hydrogen (secondary N) is 1. The minimum atomic E-state index is 0.623. The lowest BCUT2D eigenvalue weighted by Crippen LogP contribution is -2.31. The van der Waals surface area contributed by atoms with Gasteiger partial charge in [-0.2, -0.15) is 0 Å². The van der Waals surface area contributed by atoms with E-state index in [1.807, 2.05) is 19.3 Å². The fraction of sp³-hybridized carbons (Fsp3) is 0.615. The summed E-state index contributed by atoms with van der Waals surface area (Å²) in [7, 11) is 3.62. The van der Waals surface area contributed by atoms with E-state index in [1.165, 1.54) is 5.69 Å². The topological polar surface area (TPSA) is 37.4 Å². The van der Waals surface area contributed by atoms with Gasteiger partial charge in [0.15, 0.2) is 0 Å². The Hall–Kier alpha value is -1.29. The molecule has 1 rings (SSSR count). The van der Waals surface area contributed by atoms with Gasteiger partial charge in [-0.1, -0.05) is 13.8 Å². The lowest BCUT2D eigenvalue weighted by molar-refractivity contribution is 0.204. The van der Waals surface area contributed by atoms with Gasteiger partial charge < -0.3 is 15.0 Å². The van der Waals surface area contributed by atoms with Crippen molar-refractivity contribution in [3.63, 3.8) is 0 Å². The maximum absolute atomic E-state index is 5.16. The Morgan fingerprint density at radius 2 is 2.24 bits per heavy atom. The van der Waals surface area contributed by atoms with E-state index in [4.69, 9.17) is 4.74 Å². The molecule has 96 valence electrons. The first-order valence-corrected chi connectivity index (χ1v) is 6.05. The Kier molecular flexibility index (Phi) is 5.77. The summed E-state index contributed by atoms with van der Waals surface area (Å²) in [5.41, 5.74) is 1.19. The van der Waals surface area contributed by atoms with E-state index in [0.717, 1.165) is 25.5 Å². The summed E-state index contributed by atoms with van der Waals surface area (Å²) in [6.45, 7) is 7.11. The van der Waals surface area contributed by atoms with Crippen molar-refractivity contribution in [3.8, 4) is 0 Å². The van der Waals surface area contributed by atoms with Gasteiger partial charge >= 0.3 is 0 Å². The average Bonchev–Trinajstić information content (AvgIpc) is 2.34. The van der Waals surface area contributed by atoms with Crippen LogP contribution >= 0.6 is 0 Å². The second-order valence-electron chi connectivity index (χ2n) is 4.48. The van der Waals surface area contributed by atoms with Crippen LogP contribution in [0.4, 0.5) is 11.5 Å². The highest BCUT2D eigenvalue weighted by Gasteiger charge is 2.09. The molecule has 0 aromatic carbocycles. The second-order valence-corrected chi connectivity index (χ2v) is 4.48. The molecular formula is C13H23N3O. The number of ether oxygens (including phenoxy) is 1. The summed E-state index contributed by atoms with van der Waals surface area (Å²) in [5, 5.41) is 3.06. The molecule has 0 unspecified atom stereocenters. The van der Waals surface area contributed by atoms with Crippen LogP contribution in [0.3, 0.4) is 0 Å². The highest BCUT2D eigenvalue weighted by atomic mass is 16.5. The van der Waals surface area contributed by atoms with Crippen LogP contribution in [0.2, 0.25) is 0 Å². The highest BCUT2D eigenvalue weighted by molar-refractivity contribution is 5.53. The maximum Gasteiger partial charge on any atom is 0.127 e. The van der Waals surface area contributed by atoms with Crippen molar-refractivity contribution in [2.24, 2.45) is 5.92 Å². The van der Waals surface area contributed by atoms with Gasteiger partial charge in [-0.25, -0.2) is 4.98 Å². The highest BCUT2D eigenvalue weighted by Crippen LogP contribution is 2.18. The molecule has 4 heteroatoms. The Bertz CT molecular complexity index is 328. The summed E-state index contributed by atoms with van der Waals surface area (Å²) in [5.74, 6) is 1.52. The fourth-order valence-electron chi connectivity index (χ4n) is 1.72. The van der Waals surface area contributed by atoms with Gasteiger partial charge in [0, 0.05) is 45.2 Å². The van der Waals surface area contributed by atoms with Crippen LogP contribution < -0.4 is 10.2 Å². The Morgan fingerprint density at radius 1 is 1.47 bits per heavy atom. The third-order valence-corrected chi connectivity index (χ3v) is 2.52. The SMILES string of the molecule is CNc1cc(N(CCOC)CC(C)C)ccn1. The molecule has 4 nitrogen and oxygen atoms in total. The smallest absolute Gasteiger partial charge is 0.127 e. The van der Waals surface area contributed by atoms with Crippen molar-refractivity contribution in [3.05, 3.63) is 18.3 Å². The van der Waals surface area contributed by atoms with Crippen molar-refractivity contribution in [2.75, 3.05) is 44.1 Å². The van der Waals surface area contributed by atoms with E-state index < -0.39 is 0 Å². The van der Waals surface area contributed by atoms with Gasteiger partial charge in [0.1, 0.15) is 5.82 Å². The van der Waals surface area contributed by atoms with Crippen LogP contribution in [-0.4, -0.2) is 38.8 Å². The van der Waals surface area contributed by atoms with Gasteiger partial charge in [0.05, 0.1) is 6.61 Å². The summed E-state index contributed by atoms with van der Waals surface area (Å²) >= 11 is 0. The third kappa shape index (κ3) is 4.61. The molecule has 0 saturated carbocycles.